The van der Waals surface area contributed by atoms with Gasteiger partial charge in [0.2, 0.25) is 21.8 Å². The topological polar surface area (TPSA) is 108 Å². The number of sulfonamides is 1. The van der Waals surface area contributed by atoms with Crippen LogP contribution in [0.15, 0.2) is 53.9 Å². The van der Waals surface area contributed by atoms with E-state index in [0.29, 0.717) is 22.2 Å². The number of benzene rings is 2. The number of rotatable bonds is 7. The zero-order valence-corrected chi connectivity index (χ0v) is 18.9. The van der Waals surface area contributed by atoms with Crippen LogP contribution in [-0.2, 0) is 19.6 Å². The number of aryl methyl sites for hydroxylation is 1. The first-order chi connectivity index (χ1) is 14.6. The van der Waals surface area contributed by atoms with Crippen LogP contribution in [0.4, 0.5) is 16.5 Å². The van der Waals surface area contributed by atoms with E-state index in [2.05, 4.69) is 15.6 Å². The number of para-hydroxylation sites is 1. The van der Waals surface area contributed by atoms with Crippen molar-refractivity contribution in [3.05, 3.63) is 59.5 Å². The average Bonchev–Trinajstić information content (AvgIpc) is 3.14. The molecule has 2 N–H and O–H groups in total. The third-order valence-electron chi connectivity index (χ3n) is 4.32. The van der Waals surface area contributed by atoms with Crippen LogP contribution in [0.1, 0.15) is 12.5 Å². The molecule has 3 rings (SSSR count). The van der Waals surface area contributed by atoms with Gasteiger partial charge >= 0.3 is 0 Å². The van der Waals surface area contributed by atoms with E-state index in [1.165, 1.54) is 18.3 Å². The molecule has 0 saturated heterocycles. The van der Waals surface area contributed by atoms with E-state index in [-0.39, 0.29) is 12.5 Å². The van der Waals surface area contributed by atoms with Crippen molar-refractivity contribution >= 4 is 49.7 Å². The Morgan fingerprint density at radius 1 is 1.06 bits per heavy atom. The Kier molecular flexibility index (Phi) is 6.71. The molecule has 2 amide bonds. The average molecular weight is 459 g/mol. The molecule has 1 aromatic heterocycles. The molecular formula is C21H22N4O4S2. The standard InChI is InChI=1S/C21H22N4O4S2/c1-14-6-4-5-7-19(14)25(31(3,28)29)12-20(27)24-21-23-18(13-30-21)16-8-10-17(11-9-16)22-15(2)26/h4-11,13H,12H2,1-3H3,(H,22,26)(H,23,24,27). The molecule has 0 aliphatic rings. The van der Waals surface area contributed by atoms with Gasteiger partial charge in [-0.3, -0.25) is 13.9 Å². The third-order valence-corrected chi connectivity index (χ3v) is 6.21. The van der Waals surface area contributed by atoms with Crippen molar-refractivity contribution in [2.24, 2.45) is 0 Å². The highest BCUT2D eigenvalue weighted by Crippen LogP contribution is 2.26. The summed E-state index contributed by atoms with van der Waals surface area (Å²) < 4.78 is 25.6. The van der Waals surface area contributed by atoms with Gasteiger partial charge in [-0.05, 0) is 30.7 Å². The summed E-state index contributed by atoms with van der Waals surface area (Å²) in [5.74, 6) is -0.643. The normalized spacial score (nSPS) is 11.1. The molecule has 0 aliphatic heterocycles. The van der Waals surface area contributed by atoms with Gasteiger partial charge in [0.1, 0.15) is 6.54 Å². The predicted octanol–water partition coefficient (Wildman–Crippen LogP) is 3.48. The minimum absolute atomic E-state index is 0.153. The molecule has 8 nitrogen and oxygen atoms in total. The fourth-order valence-electron chi connectivity index (χ4n) is 2.90. The summed E-state index contributed by atoms with van der Waals surface area (Å²) in [5, 5.41) is 7.52. The molecule has 1 heterocycles. The molecule has 31 heavy (non-hydrogen) atoms. The van der Waals surface area contributed by atoms with E-state index in [0.717, 1.165) is 21.7 Å². The minimum atomic E-state index is -3.65. The number of nitrogens with zero attached hydrogens (tertiary/aromatic N) is 2. The van der Waals surface area contributed by atoms with Crippen molar-refractivity contribution in [1.29, 1.82) is 0 Å². The Balaban J connectivity index is 1.71. The van der Waals surface area contributed by atoms with Gasteiger partial charge in [0.05, 0.1) is 17.6 Å². The highest BCUT2D eigenvalue weighted by molar-refractivity contribution is 7.92. The number of hydrogen-bond acceptors (Lipinski definition) is 6. The summed E-state index contributed by atoms with van der Waals surface area (Å²) in [4.78, 5) is 28.1. The first kappa shape index (κ1) is 22.4. The van der Waals surface area contributed by atoms with Crippen LogP contribution in [0, 0.1) is 6.92 Å². The number of anilines is 3. The predicted molar refractivity (Wildman–Crippen MR) is 124 cm³/mol. The minimum Gasteiger partial charge on any atom is -0.326 e. The number of nitrogens with one attached hydrogen (secondary N) is 2. The van der Waals surface area contributed by atoms with E-state index in [1.54, 1.807) is 48.7 Å². The largest absolute Gasteiger partial charge is 0.326 e. The van der Waals surface area contributed by atoms with E-state index in [9.17, 15) is 18.0 Å². The summed E-state index contributed by atoms with van der Waals surface area (Å²) in [7, 11) is -3.65. The molecule has 162 valence electrons. The van der Waals surface area contributed by atoms with Crippen molar-refractivity contribution in [2.75, 3.05) is 27.7 Å². The fraction of sp³-hybridized carbons (Fsp3) is 0.190. The lowest BCUT2D eigenvalue weighted by Gasteiger charge is -2.23. The Morgan fingerprint density at radius 3 is 2.35 bits per heavy atom. The summed E-state index contributed by atoms with van der Waals surface area (Å²) in [5.41, 5.74) is 3.37. The van der Waals surface area contributed by atoms with Crippen molar-refractivity contribution in [3.63, 3.8) is 0 Å². The van der Waals surface area contributed by atoms with Gasteiger partial charge in [0.15, 0.2) is 5.13 Å². The Bertz CT molecular complexity index is 1200. The number of carbonyl (C=O) groups excluding carboxylic acids is 2. The van der Waals surface area contributed by atoms with Crippen LogP contribution in [0.25, 0.3) is 11.3 Å². The Labute approximate surface area is 185 Å². The van der Waals surface area contributed by atoms with Gasteiger partial charge in [-0.25, -0.2) is 13.4 Å². The van der Waals surface area contributed by atoms with Gasteiger partial charge in [0, 0.05) is 23.6 Å². The smallest absolute Gasteiger partial charge is 0.246 e. The van der Waals surface area contributed by atoms with Gasteiger partial charge in [-0.15, -0.1) is 11.3 Å². The van der Waals surface area contributed by atoms with Gasteiger partial charge in [-0.2, -0.15) is 0 Å². The molecule has 2 aromatic carbocycles. The molecule has 0 atom stereocenters. The molecule has 0 radical (unpaired) electrons. The number of aromatic nitrogens is 1. The van der Waals surface area contributed by atoms with Crippen molar-refractivity contribution in [1.82, 2.24) is 4.98 Å². The van der Waals surface area contributed by atoms with Crippen molar-refractivity contribution < 1.29 is 18.0 Å². The second-order valence-corrected chi connectivity index (χ2v) is 9.67. The third kappa shape index (κ3) is 5.89. The molecule has 10 heteroatoms. The monoisotopic (exact) mass is 458 g/mol. The van der Waals surface area contributed by atoms with Crippen molar-refractivity contribution in [3.8, 4) is 11.3 Å². The van der Waals surface area contributed by atoms with E-state index < -0.39 is 15.9 Å². The van der Waals surface area contributed by atoms with Crippen LogP contribution in [0.2, 0.25) is 0 Å². The van der Waals surface area contributed by atoms with Crippen LogP contribution >= 0.6 is 11.3 Å². The molecule has 0 bridgehead atoms. The van der Waals surface area contributed by atoms with Crippen LogP contribution in [0.5, 0.6) is 0 Å². The molecule has 0 unspecified atom stereocenters. The first-order valence-electron chi connectivity index (χ1n) is 9.30. The second-order valence-electron chi connectivity index (χ2n) is 6.90. The second kappa shape index (κ2) is 9.27. The van der Waals surface area contributed by atoms with E-state index in [1.807, 2.05) is 12.1 Å². The van der Waals surface area contributed by atoms with E-state index in [4.69, 9.17) is 0 Å². The lowest BCUT2D eigenvalue weighted by molar-refractivity contribution is -0.115. The SMILES string of the molecule is CC(=O)Nc1ccc(-c2csc(NC(=O)CN(c3ccccc3C)S(C)(=O)=O)n2)cc1. The lowest BCUT2D eigenvalue weighted by Crippen LogP contribution is -2.37. The highest BCUT2D eigenvalue weighted by Gasteiger charge is 2.22. The zero-order chi connectivity index (χ0) is 22.6. The van der Waals surface area contributed by atoms with Crippen LogP contribution < -0.4 is 14.9 Å². The zero-order valence-electron chi connectivity index (χ0n) is 17.2. The Hall–Kier alpha value is -3.24. The molecule has 0 spiro atoms. The molecule has 3 aromatic rings. The summed E-state index contributed by atoms with van der Waals surface area (Å²) >= 11 is 1.24. The molecule has 0 aliphatic carbocycles. The number of hydrogen-bond donors (Lipinski definition) is 2. The summed E-state index contributed by atoms with van der Waals surface area (Å²) in [6, 6.07) is 14.1. The van der Waals surface area contributed by atoms with Gasteiger partial charge in [-0.1, -0.05) is 30.3 Å². The summed E-state index contributed by atoms with van der Waals surface area (Å²) in [6.45, 7) is 2.87. The number of carbonyl (C=O) groups is 2. The maximum absolute atomic E-state index is 12.6. The maximum Gasteiger partial charge on any atom is 0.246 e. The molecule has 0 saturated carbocycles. The fourth-order valence-corrected chi connectivity index (χ4v) is 4.55. The Morgan fingerprint density at radius 2 is 1.74 bits per heavy atom. The maximum atomic E-state index is 12.6. The summed E-state index contributed by atoms with van der Waals surface area (Å²) in [6.07, 6.45) is 1.07. The van der Waals surface area contributed by atoms with Gasteiger partial charge < -0.3 is 10.6 Å². The molecule has 0 fully saturated rings. The number of thiazole rings is 1. The van der Waals surface area contributed by atoms with Crippen molar-refractivity contribution in [2.45, 2.75) is 13.8 Å². The first-order valence-corrected chi connectivity index (χ1v) is 12.0. The van der Waals surface area contributed by atoms with Crippen LogP contribution in [0.3, 0.4) is 0 Å². The molecular weight excluding hydrogens is 436 g/mol. The highest BCUT2D eigenvalue weighted by atomic mass is 32.2. The van der Waals surface area contributed by atoms with Crippen LogP contribution in [-0.4, -0.2) is 38.0 Å². The van der Waals surface area contributed by atoms with Gasteiger partial charge in [0.25, 0.3) is 0 Å². The van der Waals surface area contributed by atoms with E-state index >= 15 is 0 Å². The lowest BCUT2D eigenvalue weighted by atomic mass is 10.1. The number of amides is 2. The quantitative estimate of drug-likeness (QED) is 0.563.